The number of H-pyrrole nitrogens is 1. The molecule has 2 aromatic carbocycles. The molecule has 0 saturated heterocycles. The van der Waals surface area contributed by atoms with Crippen molar-refractivity contribution >= 4 is 0 Å². The highest BCUT2D eigenvalue weighted by molar-refractivity contribution is 5.61. The molecule has 4 heterocycles. The number of nitrogens with zero attached hydrogens (tertiary/aromatic N) is 5. The average molecular weight is 459 g/mol. The first kappa shape index (κ1) is 20.7. The summed E-state index contributed by atoms with van der Waals surface area (Å²) in [6.07, 6.45) is 20.4. The van der Waals surface area contributed by atoms with E-state index < -0.39 is 0 Å². The van der Waals surface area contributed by atoms with Crippen molar-refractivity contribution in [3.05, 3.63) is 135 Å². The Balaban J connectivity index is 1.17. The minimum absolute atomic E-state index is 1.12. The molecule has 6 rings (SSSR count). The molecule has 6 heteroatoms. The van der Waals surface area contributed by atoms with E-state index in [2.05, 4.69) is 133 Å². The summed E-state index contributed by atoms with van der Waals surface area (Å²) >= 11 is 0. The van der Waals surface area contributed by atoms with E-state index in [9.17, 15) is 0 Å². The van der Waals surface area contributed by atoms with E-state index in [4.69, 9.17) is 0 Å². The predicted octanol–water partition coefficient (Wildman–Crippen LogP) is 3.13. The van der Waals surface area contributed by atoms with Crippen molar-refractivity contribution in [2.45, 2.75) is 0 Å². The number of hydrogen-bond donors (Lipinski definition) is 1. The van der Waals surface area contributed by atoms with Crippen LogP contribution in [0.5, 0.6) is 0 Å². The molecular weight excluding hydrogens is 432 g/mol. The van der Waals surface area contributed by atoms with Crippen molar-refractivity contribution in [1.82, 2.24) is 9.55 Å². The van der Waals surface area contributed by atoms with Gasteiger partial charge in [0, 0.05) is 48.5 Å². The number of pyridine rings is 2. The molecule has 4 aromatic heterocycles. The highest BCUT2D eigenvalue weighted by Gasteiger charge is 2.12. The fourth-order valence-corrected chi connectivity index (χ4v) is 4.23. The van der Waals surface area contributed by atoms with Gasteiger partial charge < -0.3 is 0 Å². The molecule has 0 unspecified atom stereocenters. The van der Waals surface area contributed by atoms with Crippen LogP contribution in [0.2, 0.25) is 0 Å². The maximum absolute atomic E-state index is 3.07. The van der Waals surface area contributed by atoms with Gasteiger partial charge in [-0.2, -0.15) is 9.13 Å². The van der Waals surface area contributed by atoms with Crippen molar-refractivity contribution in [3.63, 3.8) is 0 Å². The maximum atomic E-state index is 3.07. The van der Waals surface area contributed by atoms with Crippen LogP contribution in [0, 0.1) is 0 Å². The van der Waals surface area contributed by atoms with E-state index in [1.807, 2.05) is 36.5 Å². The lowest BCUT2D eigenvalue weighted by atomic mass is 10.1. The Bertz CT molecular complexity index is 1550. The van der Waals surface area contributed by atoms with Gasteiger partial charge in [0.15, 0.2) is 24.8 Å². The van der Waals surface area contributed by atoms with Crippen LogP contribution in [-0.4, -0.2) is 9.55 Å². The van der Waals surface area contributed by atoms with Crippen LogP contribution < -0.4 is 18.3 Å². The van der Waals surface area contributed by atoms with E-state index in [0.717, 1.165) is 22.7 Å². The maximum Gasteiger partial charge on any atom is 0.248 e. The van der Waals surface area contributed by atoms with Crippen LogP contribution in [0.1, 0.15) is 0 Å². The van der Waals surface area contributed by atoms with Crippen molar-refractivity contribution < 1.29 is 18.3 Å². The first-order chi connectivity index (χ1) is 17.2. The normalized spacial score (nSPS) is 11.0. The Labute approximate surface area is 203 Å². The van der Waals surface area contributed by atoms with Crippen LogP contribution in [0.4, 0.5) is 0 Å². The topological polar surface area (TPSA) is 36.2 Å². The fraction of sp³-hybridized carbons (Fsp3) is 0.0345. The van der Waals surface area contributed by atoms with Gasteiger partial charge in [-0.05, 0) is 35.4 Å². The third-order valence-corrected chi connectivity index (χ3v) is 6.20. The molecular formula is C29H26N6+4. The SMILES string of the molecule is C[n+]1ccn(-c2ccc(-[n+]3ccc(-c4cc[n+](-c5ccc(-[n+]6cc[nH]c6)cc5)cc4)cc3)cc2)c1. The number of rotatable bonds is 5. The second-order valence-electron chi connectivity index (χ2n) is 8.53. The molecule has 0 saturated carbocycles. The third kappa shape index (κ3) is 4.25. The van der Waals surface area contributed by atoms with Gasteiger partial charge in [0.2, 0.25) is 24.0 Å². The molecule has 0 atom stereocenters. The number of aryl methyl sites for hydroxylation is 1. The summed E-state index contributed by atoms with van der Waals surface area (Å²) in [5, 5.41) is 0. The Morgan fingerprint density at radius 3 is 1.54 bits per heavy atom. The van der Waals surface area contributed by atoms with Gasteiger partial charge in [-0.25, -0.2) is 18.7 Å². The van der Waals surface area contributed by atoms with E-state index in [-0.39, 0.29) is 0 Å². The summed E-state index contributed by atoms with van der Waals surface area (Å²) in [5.74, 6) is 0. The van der Waals surface area contributed by atoms with Crippen LogP contribution in [0.25, 0.3) is 33.9 Å². The summed E-state index contributed by atoms with van der Waals surface area (Å²) in [4.78, 5) is 3.07. The van der Waals surface area contributed by atoms with Crippen molar-refractivity contribution in [2.75, 3.05) is 0 Å². The van der Waals surface area contributed by atoms with Gasteiger partial charge in [0.1, 0.15) is 36.2 Å². The molecule has 0 fully saturated rings. The summed E-state index contributed by atoms with van der Waals surface area (Å²) in [5.41, 5.74) is 6.89. The third-order valence-electron chi connectivity index (χ3n) is 6.20. The number of aromatic nitrogens is 6. The van der Waals surface area contributed by atoms with Gasteiger partial charge in [0.25, 0.3) is 0 Å². The van der Waals surface area contributed by atoms with E-state index in [1.54, 1.807) is 0 Å². The standard InChI is InChI=1S/C29H25N6/c1-31-20-21-35(23-31)29-8-4-27(5-9-29)33-17-12-25(13-18-33)24-10-15-32(16-11-24)26-2-6-28(7-3-26)34-19-14-30-22-34/h2-23H,1H3/q+3/p+1. The minimum atomic E-state index is 1.12. The van der Waals surface area contributed by atoms with Crippen molar-refractivity contribution in [3.8, 4) is 33.9 Å². The highest BCUT2D eigenvalue weighted by atomic mass is 15.1. The molecule has 0 bridgehead atoms. The number of hydrogen-bond acceptors (Lipinski definition) is 0. The first-order valence-corrected chi connectivity index (χ1v) is 11.5. The molecule has 0 aliphatic carbocycles. The number of imidazole rings is 2. The molecule has 0 spiro atoms. The van der Waals surface area contributed by atoms with Crippen molar-refractivity contribution in [1.29, 1.82) is 0 Å². The van der Waals surface area contributed by atoms with Gasteiger partial charge in [-0.1, -0.05) is 0 Å². The summed E-state index contributed by atoms with van der Waals surface area (Å²) < 4.78 is 10.5. The molecule has 6 nitrogen and oxygen atoms in total. The van der Waals surface area contributed by atoms with Crippen LogP contribution in [-0.2, 0) is 7.05 Å². The Hall–Kier alpha value is -4.84. The molecule has 0 aliphatic rings. The molecule has 0 amide bonds. The lowest BCUT2D eigenvalue weighted by Crippen LogP contribution is -2.31. The summed E-state index contributed by atoms with van der Waals surface area (Å²) in [6.45, 7) is 0. The zero-order chi connectivity index (χ0) is 23.6. The number of nitrogens with one attached hydrogen (secondary N) is 1. The van der Waals surface area contributed by atoms with Crippen LogP contribution in [0.15, 0.2) is 135 Å². The average Bonchev–Trinajstić information content (AvgIpc) is 3.62. The highest BCUT2D eigenvalue weighted by Crippen LogP contribution is 2.17. The molecule has 1 N–H and O–H groups in total. The second kappa shape index (κ2) is 8.83. The van der Waals surface area contributed by atoms with Gasteiger partial charge in [-0.3, -0.25) is 0 Å². The number of benzene rings is 2. The Kier molecular flexibility index (Phi) is 5.24. The molecule has 0 radical (unpaired) electrons. The van der Waals surface area contributed by atoms with Crippen LogP contribution in [0.3, 0.4) is 0 Å². The first-order valence-electron chi connectivity index (χ1n) is 11.5. The van der Waals surface area contributed by atoms with Crippen molar-refractivity contribution in [2.24, 2.45) is 7.05 Å². The van der Waals surface area contributed by atoms with Gasteiger partial charge in [0.05, 0.1) is 7.05 Å². The lowest BCUT2D eigenvalue weighted by Gasteiger charge is -2.02. The van der Waals surface area contributed by atoms with Crippen LogP contribution >= 0.6 is 0 Å². The van der Waals surface area contributed by atoms with E-state index in [1.165, 1.54) is 11.1 Å². The summed E-state index contributed by atoms with van der Waals surface area (Å²) in [7, 11) is 2.02. The molecule has 35 heavy (non-hydrogen) atoms. The monoisotopic (exact) mass is 458 g/mol. The quantitative estimate of drug-likeness (QED) is 0.386. The minimum Gasteiger partial charge on any atom is -0.250 e. The zero-order valence-electron chi connectivity index (χ0n) is 19.4. The molecule has 6 aromatic rings. The smallest absolute Gasteiger partial charge is 0.248 e. The molecule has 0 aliphatic heterocycles. The molecule has 168 valence electrons. The van der Waals surface area contributed by atoms with E-state index in [0.29, 0.717) is 0 Å². The zero-order valence-corrected chi connectivity index (χ0v) is 19.4. The van der Waals surface area contributed by atoms with Gasteiger partial charge in [-0.15, -0.1) is 0 Å². The summed E-state index contributed by atoms with van der Waals surface area (Å²) in [6, 6.07) is 25.7. The Morgan fingerprint density at radius 1 is 0.571 bits per heavy atom. The predicted molar refractivity (Wildman–Crippen MR) is 131 cm³/mol. The lowest BCUT2D eigenvalue weighted by molar-refractivity contribution is -0.670. The Morgan fingerprint density at radius 2 is 1.09 bits per heavy atom. The van der Waals surface area contributed by atoms with E-state index >= 15 is 0 Å². The fourth-order valence-electron chi connectivity index (χ4n) is 4.23. The van der Waals surface area contributed by atoms with Gasteiger partial charge >= 0.3 is 0 Å². The second-order valence-corrected chi connectivity index (χ2v) is 8.53. The number of aromatic amines is 1. The largest absolute Gasteiger partial charge is 0.250 e.